The summed E-state index contributed by atoms with van der Waals surface area (Å²) in [5.74, 6) is -0.121. The molecule has 0 aliphatic carbocycles. The Morgan fingerprint density at radius 2 is 2.16 bits per heavy atom. The number of pyridine rings is 1. The first-order valence-corrected chi connectivity index (χ1v) is 8.13. The summed E-state index contributed by atoms with van der Waals surface area (Å²) in [6, 6.07) is 3.15. The van der Waals surface area contributed by atoms with Crippen molar-refractivity contribution in [3.05, 3.63) is 29.0 Å². The van der Waals surface area contributed by atoms with Gasteiger partial charge in [0.05, 0.1) is 11.9 Å². The maximum Gasteiger partial charge on any atom is 0.215 e. The van der Waals surface area contributed by atoms with E-state index >= 15 is 0 Å². The molecule has 2 N–H and O–H groups in total. The molecule has 5 nitrogen and oxygen atoms in total. The highest BCUT2D eigenvalue weighted by Gasteiger charge is 2.17. The van der Waals surface area contributed by atoms with E-state index in [4.69, 9.17) is 11.6 Å². The number of hydrogen-bond acceptors (Lipinski definition) is 4. The van der Waals surface area contributed by atoms with Crippen molar-refractivity contribution in [2.24, 2.45) is 5.92 Å². The molecule has 108 valence electrons. The minimum atomic E-state index is -3.48. The minimum absolute atomic E-state index is 0.0261. The summed E-state index contributed by atoms with van der Waals surface area (Å²) in [6.45, 7) is 3.85. The van der Waals surface area contributed by atoms with Crippen molar-refractivity contribution >= 4 is 21.6 Å². The first-order valence-electron chi connectivity index (χ1n) is 6.10. The Balaban J connectivity index is 2.55. The zero-order valence-corrected chi connectivity index (χ0v) is 12.6. The van der Waals surface area contributed by atoms with E-state index in [2.05, 4.69) is 9.71 Å². The van der Waals surface area contributed by atoms with Crippen LogP contribution in [0.25, 0.3) is 0 Å². The van der Waals surface area contributed by atoms with Gasteiger partial charge in [-0.15, -0.1) is 0 Å². The van der Waals surface area contributed by atoms with Gasteiger partial charge in [-0.2, -0.15) is 0 Å². The zero-order chi connectivity index (χ0) is 14.5. The Hall–Kier alpha value is -0.690. The highest BCUT2D eigenvalue weighted by Crippen LogP contribution is 2.09. The van der Waals surface area contributed by atoms with Gasteiger partial charge in [0.25, 0.3) is 0 Å². The second-order valence-electron chi connectivity index (χ2n) is 4.55. The predicted molar refractivity (Wildman–Crippen MR) is 75.3 cm³/mol. The number of aromatic nitrogens is 1. The molecular weight excluding hydrogens is 288 g/mol. The van der Waals surface area contributed by atoms with Crippen molar-refractivity contribution in [2.75, 3.05) is 6.54 Å². The average molecular weight is 307 g/mol. The van der Waals surface area contributed by atoms with E-state index in [1.807, 2.05) is 13.8 Å². The Labute approximate surface area is 119 Å². The topological polar surface area (TPSA) is 79.3 Å². The summed E-state index contributed by atoms with van der Waals surface area (Å²) in [7, 11) is -3.48. The smallest absolute Gasteiger partial charge is 0.215 e. The van der Waals surface area contributed by atoms with E-state index in [0.29, 0.717) is 10.7 Å². The molecule has 0 amide bonds. The van der Waals surface area contributed by atoms with Crippen LogP contribution in [0.3, 0.4) is 0 Å². The SMILES string of the molecule is CCC(C)C(O)CNS(=O)(=O)Cc1ccc(Cl)nc1. The lowest BCUT2D eigenvalue weighted by Crippen LogP contribution is -2.36. The summed E-state index contributed by atoms with van der Waals surface area (Å²) in [5, 5.41) is 10.0. The van der Waals surface area contributed by atoms with Gasteiger partial charge in [-0.25, -0.2) is 18.1 Å². The van der Waals surface area contributed by atoms with Gasteiger partial charge in [0.15, 0.2) is 0 Å². The Morgan fingerprint density at radius 3 is 2.68 bits per heavy atom. The molecule has 0 spiro atoms. The molecule has 0 radical (unpaired) electrons. The van der Waals surface area contributed by atoms with Crippen LogP contribution in [-0.4, -0.2) is 31.2 Å². The molecule has 1 rings (SSSR count). The molecule has 1 heterocycles. The third-order valence-corrected chi connectivity index (χ3v) is 4.50. The fraction of sp³-hybridized carbons (Fsp3) is 0.583. The van der Waals surface area contributed by atoms with E-state index in [1.165, 1.54) is 6.20 Å². The number of hydrogen-bond donors (Lipinski definition) is 2. The number of aliphatic hydroxyl groups is 1. The first-order chi connectivity index (χ1) is 8.84. The van der Waals surface area contributed by atoms with E-state index in [-0.39, 0.29) is 18.2 Å². The van der Waals surface area contributed by atoms with Crippen LogP contribution in [0, 0.1) is 5.92 Å². The maximum atomic E-state index is 11.8. The molecule has 7 heteroatoms. The molecule has 2 atom stereocenters. The van der Waals surface area contributed by atoms with Crippen LogP contribution in [-0.2, 0) is 15.8 Å². The van der Waals surface area contributed by atoms with E-state index in [0.717, 1.165) is 6.42 Å². The number of aliphatic hydroxyl groups excluding tert-OH is 1. The number of nitrogens with one attached hydrogen (secondary N) is 1. The lowest BCUT2D eigenvalue weighted by atomic mass is 10.0. The molecular formula is C12H19ClN2O3S. The van der Waals surface area contributed by atoms with E-state index in [1.54, 1.807) is 12.1 Å². The Morgan fingerprint density at radius 1 is 1.47 bits per heavy atom. The molecule has 0 aliphatic rings. The van der Waals surface area contributed by atoms with Crippen LogP contribution < -0.4 is 4.72 Å². The largest absolute Gasteiger partial charge is 0.391 e. The van der Waals surface area contributed by atoms with E-state index < -0.39 is 16.1 Å². The summed E-state index contributed by atoms with van der Waals surface area (Å²) >= 11 is 5.63. The van der Waals surface area contributed by atoms with Gasteiger partial charge in [-0.3, -0.25) is 0 Å². The van der Waals surface area contributed by atoms with Gasteiger partial charge in [-0.1, -0.05) is 37.9 Å². The molecule has 0 aliphatic heterocycles. The molecule has 0 bridgehead atoms. The third kappa shape index (κ3) is 5.86. The molecule has 1 aromatic rings. The number of nitrogens with zero attached hydrogens (tertiary/aromatic N) is 1. The number of rotatable bonds is 7. The quantitative estimate of drug-likeness (QED) is 0.749. The fourth-order valence-corrected chi connectivity index (χ4v) is 2.70. The zero-order valence-electron chi connectivity index (χ0n) is 11.0. The summed E-state index contributed by atoms with van der Waals surface area (Å²) in [4.78, 5) is 3.82. The Bertz CT molecular complexity index is 490. The van der Waals surface area contributed by atoms with E-state index in [9.17, 15) is 13.5 Å². The van der Waals surface area contributed by atoms with Gasteiger partial charge in [-0.05, 0) is 17.5 Å². The van der Waals surface area contributed by atoms with Crippen LogP contribution in [0.4, 0.5) is 0 Å². The van der Waals surface area contributed by atoms with Crippen LogP contribution in [0.5, 0.6) is 0 Å². The molecule has 0 aromatic carbocycles. The maximum absolute atomic E-state index is 11.8. The van der Waals surface area contributed by atoms with Gasteiger partial charge in [0.2, 0.25) is 10.0 Å². The Kier molecular flexibility index (Phi) is 6.19. The molecule has 1 aromatic heterocycles. The van der Waals surface area contributed by atoms with Crippen molar-refractivity contribution < 1.29 is 13.5 Å². The molecule has 19 heavy (non-hydrogen) atoms. The van der Waals surface area contributed by atoms with Crippen LogP contribution >= 0.6 is 11.6 Å². The van der Waals surface area contributed by atoms with Gasteiger partial charge in [0.1, 0.15) is 5.15 Å². The normalized spacial score (nSPS) is 15.2. The lowest BCUT2D eigenvalue weighted by Gasteiger charge is -2.17. The lowest BCUT2D eigenvalue weighted by molar-refractivity contribution is 0.118. The van der Waals surface area contributed by atoms with Gasteiger partial charge >= 0.3 is 0 Å². The van der Waals surface area contributed by atoms with Crippen LogP contribution in [0.2, 0.25) is 5.15 Å². The summed E-state index contributed by atoms with van der Waals surface area (Å²) in [5.41, 5.74) is 0.551. The van der Waals surface area contributed by atoms with Gasteiger partial charge in [0, 0.05) is 12.7 Å². The second kappa shape index (κ2) is 7.19. The highest BCUT2D eigenvalue weighted by atomic mass is 35.5. The summed E-state index contributed by atoms with van der Waals surface area (Å²) in [6.07, 6.45) is 1.54. The fourth-order valence-electron chi connectivity index (χ4n) is 1.45. The minimum Gasteiger partial charge on any atom is -0.391 e. The third-order valence-electron chi connectivity index (χ3n) is 2.96. The summed E-state index contributed by atoms with van der Waals surface area (Å²) < 4.78 is 26.0. The first kappa shape index (κ1) is 16.4. The standard InChI is InChI=1S/C12H19ClN2O3S/c1-3-9(2)11(16)7-15-19(17,18)8-10-4-5-12(13)14-6-10/h4-6,9,11,15-16H,3,7-8H2,1-2H3. The highest BCUT2D eigenvalue weighted by molar-refractivity contribution is 7.88. The monoisotopic (exact) mass is 306 g/mol. The number of halogens is 1. The van der Waals surface area contributed by atoms with Crippen molar-refractivity contribution in [3.63, 3.8) is 0 Å². The van der Waals surface area contributed by atoms with Crippen LogP contribution in [0.1, 0.15) is 25.8 Å². The molecule has 0 fully saturated rings. The van der Waals surface area contributed by atoms with Crippen molar-refractivity contribution in [1.82, 2.24) is 9.71 Å². The molecule has 0 saturated heterocycles. The molecule has 2 unspecified atom stereocenters. The number of sulfonamides is 1. The molecule has 0 saturated carbocycles. The van der Waals surface area contributed by atoms with Crippen LogP contribution in [0.15, 0.2) is 18.3 Å². The van der Waals surface area contributed by atoms with Crippen molar-refractivity contribution in [1.29, 1.82) is 0 Å². The van der Waals surface area contributed by atoms with Crippen molar-refractivity contribution in [3.8, 4) is 0 Å². The predicted octanol–water partition coefficient (Wildman–Crippen LogP) is 1.56. The van der Waals surface area contributed by atoms with Crippen molar-refractivity contribution in [2.45, 2.75) is 32.1 Å². The average Bonchev–Trinajstić information content (AvgIpc) is 2.37. The van der Waals surface area contributed by atoms with Gasteiger partial charge < -0.3 is 5.11 Å². The second-order valence-corrected chi connectivity index (χ2v) is 6.74.